The smallest absolute Gasteiger partial charge is 0.247 e. The Morgan fingerprint density at radius 1 is 1.05 bits per heavy atom. The Morgan fingerprint density at radius 3 is 2.41 bits per heavy atom. The highest BCUT2D eigenvalue weighted by Gasteiger charge is 2.18. The second-order valence-electron chi connectivity index (χ2n) is 8.78. The molecule has 0 saturated carbocycles. The highest BCUT2D eigenvalue weighted by Crippen LogP contribution is 2.38. The number of nitrogens with one attached hydrogen (secondary N) is 4. The highest BCUT2D eigenvalue weighted by molar-refractivity contribution is 6.02. The highest BCUT2D eigenvalue weighted by atomic mass is 16.5. The third-order valence-corrected chi connectivity index (χ3v) is 5.86. The standard InChI is InChI=1S/C27H35N9O3/c1-8-24(37)32-19-12-20(22(38-6)13-21(19)36(5)10-9-35(3)4)33-27-31-16-23(39-7)25(34-27)18-11-17(14-28)26(29-2)30-15-18/h8,11-16,28H,1,9-10H2,2-7H3,(H,29,30)(H,32,37)(H,31,33,34). The van der Waals surface area contributed by atoms with Crippen LogP contribution in [-0.2, 0) is 4.79 Å². The maximum atomic E-state index is 12.2. The van der Waals surface area contributed by atoms with Crippen molar-refractivity contribution in [3.63, 3.8) is 0 Å². The minimum absolute atomic E-state index is 0.271. The molecule has 2 heterocycles. The first-order valence-corrected chi connectivity index (χ1v) is 12.1. The molecule has 0 fully saturated rings. The SMILES string of the molecule is C=CC(=O)Nc1cc(Nc2ncc(OC)c(-c3cnc(NC)c(C=N)c3)n2)c(OC)cc1N(C)CCN(C)C. The van der Waals surface area contributed by atoms with Crippen molar-refractivity contribution in [1.82, 2.24) is 19.9 Å². The summed E-state index contributed by atoms with van der Waals surface area (Å²) in [5.41, 5.74) is 3.64. The lowest BCUT2D eigenvalue weighted by molar-refractivity contribution is -0.111. The average Bonchev–Trinajstić information content (AvgIpc) is 2.95. The van der Waals surface area contributed by atoms with Gasteiger partial charge in [0.15, 0.2) is 5.75 Å². The van der Waals surface area contributed by atoms with E-state index in [1.807, 2.05) is 32.1 Å². The first kappa shape index (κ1) is 28.9. The van der Waals surface area contributed by atoms with Crippen molar-refractivity contribution >= 4 is 41.0 Å². The summed E-state index contributed by atoms with van der Waals surface area (Å²) in [6.45, 7) is 5.11. The van der Waals surface area contributed by atoms with E-state index in [1.54, 1.807) is 38.7 Å². The van der Waals surface area contributed by atoms with Crippen LogP contribution in [0.15, 0.2) is 43.2 Å². The number of aromatic nitrogens is 3. The fraction of sp³-hybridized carbons (Fsp3) is 0.296. The van der Waals surface area contributed by atoms with Crippen molar-refractivity contribution in [2.45, 2.75) is 0 Å². The zero-order chi connectivity index (χ0) is 28.5. The molecule has 4 N–H and O–H groups in total. The third kappa shape index (κ3) is 6.99. The molecule has 0 unspecified atom stereocenters. The van der Waals surface area contributed by atoms with Crippen LogP contribution in [0, 0.1) is 5.41 Å². The normalized spacial score (nSPS) is 10.5. The minimum Gasteiger partial charge on any atom is -0.494 e. The molecule has 1 aromatic carbocycles. The second-order valence-corrected chi connectivity index (χ2v) is 8.78. The van der Waals surface area contributed by atoms with Gasteiger partial charge >= 0.3 is 0 Å². The van der Waals surface area contributed by atoms with Gasteiger partial charge in [0.25, 0.3) is 0 Å². The van der Waals surface area contributed by atoms with Gasteiger partial charge in [-0.3, -0.25) is 4.79 Å². The summed E-state index contributed by atoms with van der Waals surface area (Å²) in [7, 11) is 10.8. The van der Waals surface area contributed by atoms with Crippen molar-refractivity contribution < 1.29 is 14.3 Å². The Bertz CT molecular complexity index is 1340. The van der Waals surface area contributed by atoms with Crippen LogP contribution in [0.1, 0.15) is 5.56 Å². The van der Waals surface area contributed by atoms with Crippen LogP contribution in [0.2, 0.25) is 0 Å². The number of nitrogens with zero attached hydrogens (tertiary/aromatic N) is 5. The van der Waals surface area contributed by atoms with Gasteiger partial charge in [-0.2, -0.15) is 0 Å². The number of carbonyl (C=O) groups excluding carboxylic acids is 1. The van der Waals surface area contributed by atoms with Gasteiger partial charge in [-0.05, 0) is 32.3 Å². The Kier molecular flexibility index (Phi) is 9.76. The average molecular weight is 534 g/mol. The molecule has 0 aliphatic carbocycles. The van der Waals surface area contributed by atoms with Crippen LogP contribution in [0.5, 0.6) is 11.5 Å². The van der Waals surface area contributed by atoms with Crippen LogP contribution in [0.4, 0.5) is 28.8 Å². The first-order valence-electron chi connectivity index (χ1n) is 12.1. The molecule has 0 spiro atoms. The number of rotatable bonds is 13. The van der Waals surface area contributed by atoms with Crippen molar-refractivity contribution in [3.8, 4) is 22.8 Å². The number of amides is 1. The lowest BCUT2D eigenvalue weighted by Gasteiger charge is -2.26. The monoisotopic (exact) mass is 533 g/mol. The molecule has 39 heavy (non-hydrogen) atoms. The molecule has 3 aromatic rings. The predicted molar refractivity (Wildman–Crippen MR) is 156 cm³/mol. The fourth-order valence-corrected chi connectivity index (χ4v) is 3.74. The van der Waals surface area contributed by atoms with E-state index in [1.165, 1.54) is 19.4 Å². The zero-order valence-corrected chi connectivity index (χ0v) is 23.1. The van der Waals surface area contributed by atoms with Crippen molar-refractivity contribution in [3.05, 3.63) is 48.8 Å². The van der Waals surface area contributed by atoms with E-state index in [9.17, 15) is 4.79 Å². The molecule has 3 rings (SSSR count). The summed E-state index contributed by atoms with van der Waals surface area (Å²) >= 11 is 0. The molecule has 0 radical (unpaired) electrons. The van der Waals surface area contributed by atoms with E-state index >= 15 is 0 Å². The second kappa shape index (κ2) is 13.2. The number of hydrogen-bond acceptors (Lipinski definition) is 11. The van der Waals surface area contributed by atoms with E-state index in [4.69, 9.17) is 14.9 Å². The molecule has 0 aliphatic heterocycles. The Hall–Kier alpha value is -4.71. The van der Waals surface area contributed by atoms with E-state index in [0.717, 1.165) is 18.8 Å². The van der Waals surface area contributed by atoms with E-state index < -0.39 is 0 Å². The van der Waals surface area contributed by atoms with Gasteiger partial charge in [-0.15, -0.1) is 0 Å². The first-order chi connectivity index (χ1) is 18.7. The molecule has 0 bridgehead atoms. The molecule has 0 atom stereocenters. The summed E-state index contributed by atoms with van der Waals surface area (Å²) in [6, 6.07) is 5.41. The number of benzene rings is 1. The molecular formula is C27H35N9O3. The van der Waals surface area contributed by atoms with Crippen molar-refractivity contribution in [2.75, 3.05) is 76.4 Å². The number of methoxy groups -OCH3 is 2. The van der Waals surface area contributed by atoms with Crippen LogP contribution in [0.3, 0.4) is 0 Å². The quantitative estimate of drug-likeness (QED) is 0.191. The zero-order valence-electron chi connectivity index (χ0n) is 23.1. The Morgan fingerprint density at radius 2 is 1.79 bits per heavy atom. The van der Waals surface area contributed by atoms with E-state index in [-0.39, 0.29) is 11.9 Å². The number of hydrogen-bond donors (Lipinski definition) is 4. The van der Waals surface area contributed by atoms with E-state index in [2.05, 4.69) is 42.4 Å². The number of pyridine rings is 1. The van der Waals surface area contributed by atoms with Crippen molar-refractivity contribution in [1.29, 1.82) is 5.41 Å². The Labute approximate surface area is 228 Å². The van der Waals surface area contributed by atoms with Crippen molar-refractivity contribution in [2.24, 2.45) is 0 Å². The van der Waals surface area contributed by atoms with Crippen LogP contribution in [-0.4, -0.2) is 87.5 Å². The van der Waals surface area contributed by atoms with Crippen LogP contribution >= 0.6 is 0 Å². The van der Waals surface area contributed by atoms with Crippen LogP contribution in [0.25, 0.3) is 11.3 Å². The Balaban J connectivity index is 2.05. The summed E-state index contributed by atoms with van der Waals surface area (Å²) in [6.07, 6.45) is 5.64. The van der Waals surface area contributed by atoms with E-state index in [0.29, 0.717) is 45.5 Å². The lowest BCUT2D eigenvalue weighted by Crippen LogP contribution is -2.29. The fourth-order valence-electron chi connectivity index (χ4n) is 3.74. The molecule has 1 amide bonds. The third-order valence-electron chi connectivity index (χ3n) is 5.86. The molecule has 0 saturated heterocycles. The number of likely N-dealkylation sites (N-methyl/N-ethyl adjacent to an activating group) is 2. The van der Waals surface area contributed by atoms with Gasteiger partial charge in [-0.1, -0.05) is 6.58 Å². The number of ether oxygens (including phenoxy) is 2. The summed E-state index contributed by atoms with van der Waals surface area (Å²) in [5.74, 6) is 1.49. The minimum atomic E-state index is -0.337. The molecule has 206 valence electrons. The van der Waals surface area contributed by atoms with Gasteiger partial charge in [0.1, 0.15) is 17.3 Å². The summed E-state index contributed by atoms with van der Waals surface area (Å²) in [5, 5.41) is 16.8. The number of anilines is 5. The van der Waals surface area contributed by atoms with Gasteiger partial charge in [0.2, 0.25) is 11.9 Å². The summed E-state index contributed by atoms with van der Waals surface area (Å²) in [4.78, 5) is 29.8. The maximum Gasteiger partial charge on any atom is 0.247 e. The predicted octanol–water partition coefficient (Wildman–Crippen LogP) is 3.46. The van der Waals surface area contributed by atoms with Gasteiger partial charge < -0.3 is 40.6 Å². The van der Waals surface area contributed by atoms with Gasteiger partial charge in [-0.25, -0.2) is 15.0 Å². The molecular weight excluding hydrogens is 498 g/mol. The molecule has 0 aliphatic rings. The number of carbonyl (C=O) groups is 1. The molecule has 12 heteroatoms. The van der Waals surface area contributed by atoms with Crippen LogP contribution < -0.4 is 30.3 Å². The summed E-state index contributed by atoms with van der Waals surface area (Å²) < 4.78 is 11.2. The maximum absolute atomic E-state index is 12.2. The van der Waals surface area contributed by atoms with Gasteiger partial charge in [0.05, 0.1) is 37.5 Å². The van der Waals surface area contributed by atoms with Gasteiger partial charge in [0, 0.05) is 56.8 Å². The molecule has 12 nitrogen and oxygen atoms in total. The molecule has 2 aromatic heterocycles. The largest absolute Gasteiger partial charge is 0.494 e. The lowest BCUT2D eigenvalue weighted by atomic mass is 10.1. The topological polar surface area (TPSA) is 141 Å².